The number of H-pyrrole nitrogens is 1. The number of halogens is 3. The van der Waals surface area contributed by atoms with Gasteiger partial charge in [0.05, 0.1) is 30.9 Å². The van der Waals surface area contributed by atoms with E-state index in [1.54, 1.807) is 25.5 Å². The number of alkyl halides is 3. The average molecular weight is 571 g/mol. The number of tetrazole rings is 1. The number of aromatic amines is 1. The van der Waals surface area contributed by atoms with Gasteiger partial charge in [-0.25, -0.2) is 4.68 Å². The summed E-state index contributed by atoms with van der Waals surface area (Å²) in [5.74, 6) is -1.77. The smallest absolute Gasteiger partial charge is 0.460 e. The highest BCUT2D eigenvalue weighted by Gasteiger charge is 2.48. The second kappa shape index (κ2) is 12.0. The predicted molar refractivity (Wildman–Crippen MR) is 126 cm³/mol. The van der Waals surface area contributed by atoms with E-state index in [0.717, 1.165) is 5.69 Å². The van der Waals surface area contributed by atoms with E-state index < -0.39 is 51.8 Å². The van der Waals surface area contributed by atoms with Gasteiger partial charge in [-0.3, -0.25) is 8.98 Å². The van der Waals surface area contributed by atoms with Crippen LogP contribution in [0.25, 0.3) is 5.69 Å². The molecule has 1 aromatic heterocycles. The number of aromatic nitrogens is 4. The molecule has 0 aliphatic carbocycles. The van der Waals surface area contributed by atoms with Crippen molar-refractivity contribution in [3.63, 3.8) is 0 Å². The Balaban J connectivity index is 0.000000330. The van der Waals surface area contributed by atoms with Crippen molar-refractivity contribution < 1.29 is 44.8 Å². The molecule has 0 radical (unpaired) electrons. The molecule has 1 N–H and O–H groups in total. The Kier molecular flexibility index (Phi) is 9.98. The number of ether oxygens (including phenoxy) is 3. The van der Waals surface area contributed by atoms with Crippen LogP contribution < -0.4 is 0 Å². The molecular formula is C21H29F3N4O7S2. The maximum Gasteiger partial charge on any atom is 0.523 e. The van der Waals surface area contributed by atoms with Gasteiger partial charge in [-0.1, -0.05) is 28.5 Å². The highest BCUT2D eigenvalue weighted by molar-refractivity contribution is 7.87. The zero-order chi connectivity index (χ0) is 28.1. The molecule has 0 saturated carbocycles. The first-order valence-corrected chi connectivity index (χ1v) is 12.8. The molecule has 1 saturated heterocycles. The van der Waals surface area contributed by atoms with Crippen molar-refractivity contribution in [2.45, 2.75) is 76.6 Å². The number of nitrogens with one attached hydrogen (secondary N) is 1. The molecule has 1 aromatic carbocycles. The fraction of sp³-hybridized carbons (Fsp3) is 0.619. The summed E-state index contributed by atoms with van der Waals surface area (Å²) in [6.07, 6.45) is -1.86. The Morgan fingerprint density at radius 2 is 1.78 bits per heavy atom. The topological polar surface area (TPSA) is 135 Å². The van der Waals surface area contributed by atoms with E-state index >= 15 is 0 Å². The lowest BCUT2D eigenvalue weighted by Gasteiger charge is -2.40. The van der Waals surface area contributed by atoms with E-state index in [2.05, 4.69) is 19.7 Å². The van der Waals surface area contributed by atoms with Crippen LogP contribution in [0.1, 0.15) is 47.5 Å². The Morgan fingerprint density at radius 3 is 2.30 bits per heavy atom. The number of para-hydroxylation sites is 1. The van der Waals surface area contributed by atoms with Crippen molar-refractivity contribution in [3.05, 3.63) is 35.1 Å². The van der Waals surface area contributed by atoms with Crippen LogP contribution in [0.15, 0.2) is 30.3 Å². The van der Waals surface area contributed by atoms with Crippen LogP contribution in [0.4, 0.5) is 13.2 Å². The standard InChI is InChI=1S/C14H23F3O7S.C7H6N4S/c1-12(2,3)24-11(18)7-9-6-10(23-13(4,5)22-9)8-21-25(19,20)14(15,16)17;12-7-8-9-10-11(7)6-4-2-1-3-5-6/h9-10H,6-8H2,1-5H3;1-5H,(H,8,10,12)/t9-,10+;/m1./s1. The van der Waals surface area contributed by atoms with Gasteiger partial charge >= 0.3 is 21.6 Å². The third kappa shape index (κ3) is 10.1. The minimum absolute atomic E-state index is 0.0178. The van der Waals surface area contributed by atoms with Crippen LogP contribution in [0.3, 0.4) is 0 Å². The van der Waals surface area contributed by atoms with Crippen LogP contribution in [-0.2, 0) is 33.3 Å². The Morgan fingerprint density at radius 1 is 1.19 bits per heavy atom. The Hall–Kier alpha value is -2.40. The number of benzene rings is 1. The highest BCUT2D eigenvalue weighted by atomic mass is 32.2. The number of carbonyl (C=O) groups is 1. The molecule has 0 amide bonds. The van der Waals surface area contributed by atoms with Crippen molar-refractivity contribution in [1.82, 2.24) is 20.2 Å². The van der Waals surface area contributed by atoms with Gasteiger partial charge in [-0.15, -0.1) is 0 Å². The van der Waals surface area contributed by atoms with E-state index in [-0.39, 0.29) is 12.8 Å². The lowest BCUT2D eigenvalue weighted by atomic mass is 10.1. The SMILES string of the molecule is CC(C)(C)OC(=O)C[C@H]1C[C@@H](COS(=O)(=O)C(F)(F)F)OC(C)(C)O1.S=c1nn[nH]n1-c1ccccc1. The molecule has 0 bridgehead atoms. The molecule has 3 rings (SSSR count). The lowest BCUT2D eigenvalue weighted by molar-refractivity contribution is -0.303. The van der Waals surface area contributed by atoms with E-state index in [1.165, 1.54) is 13.8 Å². The van der Waals surface area contributed by atoms with Crippen LogP contribution in [0.2, 0.25) is 0 Å². The predicted octanol–water partition coefficient (Wildman–Crippen LogP) is 3.82. The summed E-state index contributed by atoms with van der Waals surface area (Å²) in [5.41, 5.74) is -5.27. The summed E-state index contributed by atoms with van der Waals surface area (Å²) in [6.45, 7) is 7.24. The fourth-order valence-corrected chi connectivity index (χ4v) is 3.84. The number of rotatable bonds is 6. The molecule has 1 aliphatic heterocycles. The summed E-state index contributed by atoms with van der Waals surface area (Å²) >= 11 is 4.93. The molecule has 37 heavy (non-hydrogen) atoms. The monoisotopic (exact) mass is 570 g/mol. The van der Waals surface area contributed by atoms with Gasteiger partial charge in [0.15, 0.2) is 5.79 Å². The number of esters is 1. The summed E-state index contributed by atoms with van der Waals surface area (Å²) in [4.78, 5) is 11.9. The minimum Gasteiger partial charge on any atom is -0.460 e. The minimum atomic E-state index is -5.71. The van der Waals surface area contributed by atoms with Gasteiger partial charge in [0.2, 0.25) is 4.77 Å². The summed E-state index contributed by atoms with van der Waals surface area (Å²) in [5, 5.41) is 9.92. The summed E-state index contributed by atoms with van der Waals surface area (Å²) in [6, 6.07) is 9.65. The Bertz CT molecular complexity index is 1190. The van der Waals surface area contributed by atoms with E-state index in [1.807, 2.05) is 30.3 Å². The number of carbonyl (C=O) groups excluding carboxylic acids is 1. The Labute approximate surface area is 217 Å². The molecular weight excluding hydrogens is 541 g/mol. The van der Waals surface area contributed by atoms with Crippen LogP contribution in [0.5, 0.6) is 0 Å². The van der Waals surface area contributed by atoms with Crippen LogP contribution >= 0.6 is 12.2 Å². The van der Waals surface area contributed by atoms with Crippen molar-refractivity contribution >= 4 is 28.3 Å². The maximum absolute atomic E-state index is 12.3. The molecule has 2 atom stereocenters. The van der Waals surface area contributed by atoms with Crippen LogP contribution in [-0.4, -0.2) is 70.3 Å². The largest absolute Gasteiger partial charge is 0.523 e. The average Bonchev–Trinajstić information content (AvgIpc) is 3.16. The van der Waals surface area contributed by atoms with Crippen molar-refractivity contribution in [2.24, 2.45) is 0 Å². The van der Waals surface area contributed by atoms with Crippen molar-refractivity contribution in [3.8, 4) is 5.69 Å². The third-order valence-corrected chi connectivity index (χ3v) is 5.70. The van der Waals surface area contributed by atoms with Gasteiger partial charge in [0, 0.05) is 6.42 Å². The van der Waals surface area contributed by atoms with Gasteiger partial charge in [0.1, 0.15) is 5.60 Å². The highest BCUT2D eigenvalue weighted by Crippen LogP contribution is 2.31. The molecule has 1 aliphatic rings. The van der Waals surface area contributed by atoms with Gasteiger partial charge in [-0.05, 0) is 59.0 Å². The first kappa shape index (κ1) is 30.8. The molecule has 2 heterocycles. The second-order valence-electron chi connectivity index (χ2n) is 9.34. The van der Waals surface area contributed by atoms with Crippen LogP contribution in [0, 0.1) is 4.77 Å². The van der Waals surface area contributed by atoms with E-state index in [9.17, 15) is 26.4 Å². The molecule has 0 unspecified atom stereocenters. The molecule has 11 nitrogen and oxygen atoms in total. The van der Waals surface area contributed by atoms with Gasteiger partial charge in [-0.2, -0.15) is 26.8 Å². The molecule has 0 spiro atoms. The van der Waals surface area contributed by atoms with E-state index in [4.69, 9.17) is 26.4 Å². The summed E-state index contributed by atoms with van der Waals surface area (Å²) < 4.78 is 81.0. The normalized spacial score (nSPS) is 20.0. The first-order valence-electron chi connectivity index (χ1n) is 11.0. The van der Waals surface area contributed by atoms with Gasteiger partial charge in [0.25, 0.3) is 0 Å². The lowest BCUT2D eigenvalue weighted by Crippen LogP contribution is -2.47. The van der Waals surface area contributed by atoms with E-state index in [0.29, 0.717) is 4.77 Å². The molecule has 2 aromatic rings. The second-order valence-corrected chi connectivity index (χ2v) is 11.3. The molecule has 16 heteroatoms. The zero-order valence-corrected chi connectivity index (χ0v) is 22.4. The summed E-state index contributed by atoms with van der Waals surface area (Å²) in [7, 11) is -5.71. The first-order chi connectivity index (χ1) is 16.9. The number of hydrogen-bond donors (Lipinski definition) is 1. The quantitative estimate of drug-likeness (QED) is 0.236. The van der Waals surface area contributed by atoms with Crippen molar-refractivity contribution in [1.29, 1.82) is 0 Å². The third-order valence-electron chi connectivity index (χ3n) is 4.42. The van der Waals surface area contributed by atoms with Gasteiger partial charge < -0.3 is 14.2 Å². The molecule has 208 valence electrons. The number of nitrogens with zero attached hydrogens (tertiary/aromatic N) is 3. The van der Waals surface area contributed by atoms with Crippen molar-refractivity contribution in [2.75, 3.05) is 6.61 Å². The zero-order valence-electron chi connectivity index (χ0n) is 20.8. The molecule has 1 fully saturated rings. The fourth-order valence-electron chi connectivity index (χ4n) is 3.19. The number of hydrogen-bond acceptors (Lipinski definition) is 10. The maximum atomic E-state index is 12.3.